The number of halogens is 1. The van der Waals surface area contributed by atoms with Crippen molar-refractivity contribution in [2.24, 2.45) is 0 Å². The quantitative estimate of drug-likeness (QED) is 0.678. The average molecular weight is 339 g/mol. The summed E-state index contributed by atoms with van der Waals surface area (Å²) in [5, 5.41) is 19.7. The van der Waals surface area contributed by atoms with E-state index in [4.69, 9.17) is 9.84 Å². The number of nitrogens with zero attached hydrogens (tertiary/aromatic N) is 2. The van der Waals surface area contributed by atoms with Crippen LogP contribution in [0.25, 0.3) is 0 Å². The maximum absolute atomic E-state index is 10.9. The first-order valence-electron chi connectivity index (χ1n) is 5.29. The molecule has 102 valence electrons. The number of pyridine rings is 1. The van der Waals surface area contributed by atoms with E-state index in [-0.39, 0.29) is 22.9 Å². The highest BCUT2D eigenvalue weighted by atomic mass is 79.9. The topological polar surface area (TPSA) is 103 Å². The van der Waals surface area contributed by atoms with Gasteiger partial charge in [0.15, 0.2) is 0 Å². The van der Waals surface area contributed by atoms with Crippen molar-refractivity contribution in [1.29, 1.82) is 0 Å². The van der Waals surface area contributed by atoms with Crippen LogP contribution in [0.2, 0.25) is 0 Å². The highest BCUT2D eigenvalue weighted by Crippen LogP contribution is 2.37. The first-order valence-corrected chi connectivity index (χ1v) is 6.08. The number of carbonyl (C=O) groups is 1. The summed E-state index contributed by atoms with van der Waals surface area (Å²) < 4.78 is 5.74. The Morgan fingerprint density at radius 2 is 2.10 bits per heavy atom. The molecule has 1 N–H and O–H groups in total. The van der Waals surface area contributed by atoms with Crippen molar-refractivity contribution < 1.29 is 19.6 Å². The number of hydrogen-bond donors (Lipinski definition) is 1. The molecule has 0 unspecified atom stereocenters. The van der Waals surface area contributed by atoms with Gasteiger partial charge in [0.2, 0.25) is 11.6 Å². The van der Waals surface area contributed by atoms with Gasteiger partial charge in [-0.1, -0.05) is 6.07 Å². The minimum Gasteiger partial charge on any atom is -0.478 e. The van der Waals surface area contributed by atoms with Crippen LogP contribution in [0, 0.1) is 10.1 Å². The molecule has 0 saturated carbocycles. The van der Waals surface area contributed by atoms with Gasteiger partial charge in [0.1, 0.15) is 0 Å². The Hall–Kier alpha value is -2.48. The first-order chi connectivity index (χ1) is 9.49. The number of ether oxygens (including phenoxy) is 1. The number of nitro groups is 1. The molecule has 0 fully saturated rings. The summed E-state index contributed by atoms with van der Waals surface area (Å²) in [5.41, 5.74) is -0.220. The average Bonchev–Trinajstić information content (AvgIpc) is 2.41. The molecule has 0 saturated heterocycles. The third-order valence-electron chi connectivity index (χ3n) is 2.33. The summed E-state index contributed by atoms with van der Waals surface area (Å²) in [7, 11) is 0. The molecule has 0 aliphatic heterocycles. The van der Waals surface area contributed by atoms with Gasteiger partial charge < -0.3 is 9.84 Å². The van der Waals surface area contributed by atoms with Gasteiger partial charge in [0.05, 0.1) is 15.0 Å². The highest BCUT2D eigenvalue weighted by molar-refractivity contribution is 9.10. The molecule has 0 bridgehead atoms. The molecule has 1 heterocycles. The highest BCUT2D eigenvalue weighted by Gasteiger charge is 2.19. The summed E-state index contributed by atoms with van der Waals surface area (Å²) >= 11 is 3.16. The zero-order valence-electron chi connectivity index (χ0n) is 9.82. The maximum Gasteiger partial charge on any atom is 0.337 e. The zero-order chi connectivity index (χ0) is 14.7. The molecule has 0 radical (unpaired) electrons. The van der Waals surface area contributed by atoms with Crippen LogP contribution in [0.1, 0.15) is 10.4 Å². The molecule has 2 rings (SSSR count). The first kappa shape index (κ1) is 13.9. The second-order valence-corrected chi connectivity index (χ2v) is 4.49. The zero-order valence-corrected chi connectivity index (χ0v) is 11.4. The summed E-state index contributed by atoms with van der Waals surface area (Å²) in [6.07, 6.45) is 1.11. The number of aromatic carboxylic acids is 1. The Bertz CT molecular complexity index is 672. The van der Waals surface area contributed by atoms with Crippen LogP contribution in [0.15, 0.2) is 41.0 Å². The van der Waals surface area contributed by atoms with Gasteiger partial charge in [-0.2, -0.15) is 0 Å². The van der Waals surface area contributed by atoms with Crippen molar-refractivity contribution in [1.82, 2.24) is 4.98 Å². The lowest BCUT2D eigenvalue weighted by atomic mass is 10.3. The number of rotatable bonds is 4. The maximum atomic E-state index is 10.9. The van der Waals surface area contributed by atoms with Gasteiger partial charge in [-0.25, -0.2) is 9.78 Å². The normalized spacial score (nSPS) is 10.1. The van der Waals surface area contributed by atoms with Crippen molar-refractivity contribution in [3.63, 3.8) is 0 Å². The van der Waals surface area contributed by atoms with Crippen LogP contribution in [-0.2, 0) is 0 Å². The largest absolute Gasteiger partial charge is 0.478 e. The van der Waals surface area contributed by atoms with Crippen molar-refractivity contribution in [3.05, 3.63) is 56.7 Å². The number of benzene rings is 1. The van der Waals surface area contributed by atoms with Crippen LogP contribution in [0.3, 0.4) is 0 Å². The molecule has 1 aromatic heterocycles. The van der Waals surface area contributed by atoms with E-state index in [1.165, 1.54) is 24.3 Å². The smallest absolute Gasteiger partial charge is 0.337 e. The van der Waals surface area contributed by atoms with E-state index in [9.17, 15) is 14.9 Å². The molecule has 1 aromatic carbocycles. The van der Waals surface area contributed by atoms with Crippen LogP contribution in [0.5, 0.6) is 11.6 Å². The second-order valence-electron chi connectivity index (χ2n) is 3.64. The SMILES string of the molecule is O=C(O)c1ccc(Oc2c(Br)cccc2[N+](=O)[O-])nc1. The van der Waals surface area contributed by atoms with E-state index in [1.807, 2.05) is 0 Å². The van der Waals surface area contributed by atoms with Gasteiger partial charge in [0, 0.05) is 18.3 Å². The third kappa shape index (κ3) is 2.91. The molecule has 0 spiro atoms. The number of hydrogen-bond acceptors (Lipinski definition) is 5. The third-order valence-corrected chi connectivity index (χ3v) is 2.96. The van der Waals surface area contributed by atoms with E-state index < -0.39 is 10.9 Å². The number of para-hydroxylation sites is 1. The lowest BCUT2D eigenvalue weighted by Crippen LogP contribution is -1.99. The van der Waals surface area contributed by atoms with Crippen LogP contribution in [0.4, 0.5) is 5.69 Å². The lowest BCUT2D eigenvalue weighted by Gasteiger charge is -2.07. The van der Waals surface area contributed by atoms with Crippen molar-refractivity contribution in [2.75, 3.05) is 0 Å². The molecule has 0 aliphatic rings. The lowest BCUT2D eigenvalue weighted by molar-refractivity contribution is -0.385. The molecule has 2 aromatic rings. The van der Waals surface area contributed by atoms with Gasteiger partial charge in [-0.05, 0) is 28.1 Å². The molecule has 0 atom stereocenters. The summed E-state index contributed by atoms with van der Waals surface area (Å²) in [4.78, 5) is 24.8. The fourth-order valence-electron chi connectivity index (χ4n) is 1.41. The molecule has 0 amide bonds. The Balaban J connectivity index is 2.34. The standard InChI is InChI=1S/C12H7BrN2O5/c13-8-2-1-3-9(15(18)19)11(8)20-10-5-4-7(6-14-10)12(16)17/h1-6H,(H,16,17). The fourth-order valence-corrected chi connectivity index (χ4v) is 1.85. The summed E-state index contributed by atoms with van der Waals surface area (Å²) in [6.45, 7) is 0. The molecule has 0 aliphatic carbocycles. The van der Waals surface area contributed by atoms with E-state index in [2.05, 4.69) is 20.9 Å². The molecule has 8 heteroatoms. The Kier molecular flexibility index (Phi) is 3.94. The van der Waals surface area contributed by atoms with Crippen molar-refractivity contribution in [2.45, 2.75) is 0 Å². The summed E-state index contributed by atoms with van der Waals surface area (Å²) in [6, 6.07) is 7.02. The van der Waals surface area contributed by atoms with Gasteiger partial charge in [-0.15, -0.1) is 0 Å². The molecular weight excluding hydrogens is 332 g/mol. The molecule has 7 nitrogen and oxygen atoms in total. The number of carboxylic acid groups (broad SMARTS) is 1. The predicted molar refractivity (Wildman–Crippen MR) is 72.1 cm³/mol. The van der Waals surface area contributed by atoms with E-state index in [0.29, 0.717) is 4.47 Å². The van der Waals surface area contributed by atoms with Gasteiger partial charge >= 0.3 is 11.7 Å². The minimum absolute atomic E-state index is 0.000947. The van der Waals surface area contributed by atoms with Crippen molar-refractivity contribution in [3.8, 4) is 11.6 Å². The van der Waals surface area contributed by atoms with E-state index in [0.717, 1.165) is 6.20 Å². The van der Waals surface area contributed by atoms with Crippen LogP contribution >= 0.6 is 15.9 Å². The number of nitro benzene ring substituents is 1. The Morgan fingerprint density at radius 3 is 2.65 bits per heavy atom. The van der Waals surface area contributed by atoms with E-state index in [1.54, 1.807) is 6.07 Å². The van der Waals surface area contributed by atoms with Crippen LogP contribution in [-0.4, -0.2) is 21.0 Å². The minimum atomic E-state index is -1.11. The van der Waals surface area contributed by atoms with E-state index >= 15 is 0 Å². The monoisotopic (exact) mass is 338 g/mol. The Labute approximate surface area is 121 Å². The van der Waals surface area contributed by atoms with Gasteiger partial charge in [0.25, 0.3) is 0 Å². The molecule has 20 heavy (non-hydrogen) atoms. The number of aromatic nitrogens is 1. The Morgan fingerprint density at radius 1 is 1.35 bits per heavy atom. The molecular formula is C12H7BrN2O5. The van der Waals surface area contributed by atoms with Gasteiger partial charge in [-0.3, -0.25) is 10.1 Å². The number of carboxylic acids is 1. The van der Waals surface area contributed by atoms with Crippen molar-refractivity contribution >= 4 is 27.6 Å². The van der Waals surface area contributed by atoms with Crippen LogP contribution < -0.4 is 4.74 Å². The predicted octanol–water partition coefficient (Wildman–Crippen LogP) is 3.24. The summed E-state index contributed by atoms with van der Waals surface area (Å²) in [5.74, 6) is -1.05. The fraction of sp³-hybridized carbons (Fsp3) is 0. The second kappa shape index (κ2) is 5.66.